The van der Waals surface area contributed by atoms with E-state index in [2.05, 4.69) is 48.0 Å². The summed E-state index contributed by atoms with van der Waals surface area (Å²) in [5.74, 6) is 0.346. The molecule has 2 N–H and O–H groups in total. The number of amides is 1. The highest BCUT2D eigenvalue weighted by atomic mass is 32.1. The van der Waals surface area contributed by atoms with Crippen LogP contribution in [0, 0.1) is 17.3 Å². The van der Waals surface area contributed by atoms with Crippen molar-refractivity contribution < 1.29 is 29.0 Å². The molecule has 3 fully saturated rings. The minimum absolute atomic E-state index is 0.0109. The van der Waals surface area contributed by atoms with E-state index in [1.54, 1.807) is 7.11 Å². The molecule has 0 unspecified atom stereocenters. The first-order valence-corrected chi connectivity index (χ1v) is 16.7. The lowest BCUT2D eigenvalue weighted by atomic mass is 9.73. The van der Waals surface area contributed by atoms with Crippen LogP contribution >= 0.6 is 11.3 Å². The van der Waals surface area contributed by atoms with Crippen LogP contribution < -0.4 is 4.90 Å². The summed E-state index contributed by atoms with van der Waals surface area (Å²) in [4.78, 5) is 29.9. The number of aliphatic hydroxyl groups is 1. The van der Waals surface area contributed by atoms with Gasteiger partial charge in [0, 0.05) is 23.9 Å². The fourth-order valence-corrected chi connectivity index (χ4v) is 7.81. The van der Waals surface area contributed by atoms with Gasteiger partial charge in [-0.15, -0.1) is 11.3 Å². The van der Waals surface area contributed by atoms with Gasteiger partial charge in [-0.2, -0.15) is 0 Å². The largest absolute Gasteiger partial charge is 0.477 e. The molecular formula is C33H57N2O5S+. The van der Waals surface area contributed by atoms with E-state index >= 15 is 0 Å². The van der Waals surface area contributed by atoms with Crippen LogP contribution in [-0.2, 0) is 9.53 Å². The molecule has 7 nitrogen and oxygen atoms in total. The number of ether oxygens (including phenoxy) is 1. The quantitative estimate of drug-likeness (QED) is 0.319. The Morgan fingerprint density at radius 1 is 1.00 bits per heavy atom. The molecule has 0 spiro atoms. The number of hydrogen-bond acceptors (Lipinski definition) is 5. The predicted octanol–water partition coefficient (Wildman–Crippen LogP) is 6.93. The minimum Gasteiger partial charge on any atom is -0.477 e. The van der Waals surface area contributed by atoms with Gasteiger partial charge in [-0.25, -0.2) is 4.79 Å². The van der Waals surface area contributed by atoms with Gasteiger partial charge in [0.05, 0.1) is 39.5 Å². The molecule has 3 aliphatic rings. The molecule has 1 aromatic rings. The summed E-state index contributed by atoms with van der Waals surface area (Å²) in [6.45, 7) is 8.04. The maximum atomic E-state index is 14.0. The van der Waals surface area contributed by atoms with Gasteiger partial charge >= 0.3 is 5.97 Å². The number of likely N-dealkylation sites (N-methyl/N-ethyl adjacent to an activating group) is 1. The lowest BCUT2D eigenvalue weighted by Gasteiger charge is -2.39. The highest BCUT2D eigenvalue weighted by Crippen LogP contribution is 2.47. The zero-order chi connectivity index (χ0) is 30.4. The monoisotopic (exact) mass is 593 g/mol. The van der Waals surface area contributed by atoms with Crippen LogP contribution in [0.15, 0.2) is 6.07 Å². The zero-order valence-electron chi connectivity index (χ0n) is 26.8. The molecule has 0 saturated heterocycles. The van der Waals surface area contributed by atoms with Crippen molar-refractivity contribution >= 4 is 28.9 Å². The van der Waals surface area contributed by atoms with E-state index in [-0.39, 0.29) is 30.6 Å². The first kappa shape index (κ1) is 34.0. The Labute approximate surface area is 252 Å². The summed E-state index contributed by atoms with van der Waals surface area (Å²) < 4.78 is 6.42. The third kappa shape index (κ3) is 9.77. The lowest BCUT2D eigenvalue weighted by Crippen LogP contribution is -2.47. The molecule has 8 heteroatoms. The van der Waals surface area contributed by atoms with Crippen molar-refractivity contribution in [3.8, 4) is 0 Å². The Hall–Kier alpha value is -1.48. The van der Waals surface area contributed by atoms with E-state index in [1.807, 2.05) is 4.90 Å². The van der Waals surface area contributed by atoms with Crippen molar-refractivity contribution in [2.75, 3.05) is 46.3 Å². The average Bonchev–Trinajstić information content (AvgIpc) is 3.34. The molecule has 234 valence electrons. The summed E-state index contributed by atoms with van der Waals surface area (Å²) in [6, 6.07) is 2.15. The zero-order valence-corrected chi connectivity index (χ0v) is 27.6. The third-order valence-electron chi connectivity index (χ3n) is 9.64. The number of hydrogen-bond donors (Lipinski definition) is 2. The molecule has 0 aliphatic heterocycles. The molecule has 1 amide bonds. The van der Waals surface area contributed by atoms with E-state index in [9.17, 15) is 14.7 Å². The van der Waals surface area contributed by atoms with Crippen molar-refractivity contribution in [2.24, 2.45) is 17.3 Å². The maximum absolute atomic E-state index is 14.0. The molecule has 0 atom stereocenters. The van der Waals surface area contributed by atoms with Crippen molar-refractivity contribution in [3.63, 3.8) is 0 Å². The summed E-state index contributed by atoms with van der Waals surface area (Å²) in [5.41, 5.74) is 1.04. The number of carboxylic acid groups (broad SMARTS) is 1. The fourth-order valence-electron chi connectivity index (χ4n) is 6.66. The normalized spacial score (nSPS) is 27.0. The average molecular weight is 594 g/mol. The van der Waals surface area contributed by atoms with Gasteiger partial charge in [0.25, 0.3) is 0 Å². The van der Waals surface area contributed by atoms with Gasteiger partial charge in [0.15, 0.2) is 0 Å². The van der Waals surface area contributed by atoms with E-state index < -0.39 is 5.97 Å². The van der Waals surface area contributed by atoms with E-state index in [4.69, 9.17) is 9.84 Å². The molecule has 3 aliphatic carbocycles. The number of carbonyl (C=O) groups is 2. The van der Waals surface area contributed by atoms with Crippen molar-refractivity contribution in [1.29, 1.82) is 0 Å². The number of methoxy groups -OCH3 is 1. The number of nitrogens with zero attached hydrogens (tertiary/aromatic N) is 2. The second kappa shape index (κ2) is 14.8. The van der Waals surface area contributed by atoms with Gasteiger partial charge in [0.1, 0.15) is 11.4 Å². The van der Waals surface area contributed by atoms with Crippen molar-refractivity contribution in [3.05, 3.63) is 15.8 Å². The molecule has 0 bridgehead atoms. The van der Waals surface area contributed by atoms with Crippen LogP contribution in [0.2, 0.25) is 0 Å². The standard InChI is InChI=1S/C28H43NO4S.C5H14NO/c1-18-5-7-20(8-6-18)26(30)29(21-9-11-22(33-4)12-10-21)23-17-24(34-25(23)27(31)32)19-13-15-28(2,3)16-14-19;1-6(2,3)4-5-7/h17-22H,5-16H2,1-4H3,(H,31,32);7H,4-5H2,1-3H3/q;+1. The Balaban J connectivity index is 0.000000587. The van der Waals surface area contributed by atoms with Crippen LogP contribution in [0.1, 0.15) is 118 Å². The summed E-state index contributed by atoms with van der Waals surface area (Å²) in [6.07, 6.45) is 12.3. The second-order valence-corrected chi connectivity index (χ2v) is 15.8. The van der Waals surface area contributed by atoms with Gasteiger partial charge in [-0.05, 0) is 100 Å². The van der Waals surface area contributed by atoms with Crippen molar-refractivity contribution in [1.82, 2.24) is 0 Å². The maximum Gasteiger partial charge on any atom is 0.348 e. The number of rotatable bonds is 8. The Bertz CT molecular complexity index is 974. The molecular weight excluding hydrogens is 536 g/mol. The summed E-state index contributed by atoms with van der Waals surface area (Å²) >= 11 is 1.42. The third-order valence-corrected chi connectivity index (χ3v) is 10.9. The number of quaternary nitrogens is 1. The van der Waals surface area contributed by atoms with E-state index in [0.29, 0.717) is 27.8 Å². The smallest absolute Gasteiger partial charge is 0.348 e. The first-order valence-electron chi connectivity index (χ1n) is 15.9. The molecule has 41 heavy (non-hydrogen) atoms. The first-order chi connectivity index (χ1) is 19.2. The Morgan fingerprint density at radius 3 is 2.05 bits per heavy atom. The number of aromatic carboxylic acids is 1. The highest BCUT2D eigenvalue weighted by Gasteiger charge is 2.38. The summed E-state index contributed by atoms with van der Waals surface area (Å²) in [7, 11) is 7.92. The van der Waals surface area contributed by atoms with E-state index in [0.717, 1.165) is 93.0 Å². The van der Waals surface area contributed by atoms with Gasteiger partial charge in [0.2, 0.25) is 5.91 Å². The summed E-state index contributed by atoms with van der Waals surface area (Å²) in [5, 5.41) is 18.6. The van der Waals surface area contributed by atoms with Gasteiger partial charge < -0.3 is 24.3 Å². The lowest BCUT2D eigenvalue weighted by molar-refractivity contribution is -0.870. The predicted molar refractivity (Wildman–Crippen MR) is 168 cm³/mol. The number of carbonyl (C=O) groups excluding carboxylic acids is 1. The fraction of sp³-hybridized carbons (Fsp3) is 0.818. The number of aliphatic hydroxyl groups excluding tert-OH is 1. The second-order valence-electron chi connectivity index (χ2n) is 14.7. The van der Waals surface area contributed by atoms with Gasteiger partial charge in [-0.1, -0.05) is 20.8 Å². The minimum atomic E-state index is -0.900. The molecule has 4 rings (SSSR count). The van der Waals surface area contributed by atoms with Gasteiger partial charge in [-0.3, -0.25) is 4.79 Å². The molecule has 3 saturated carbocycles. The van der Waals surface area contributed by atoms with Crippen LogP contribution in [0.5, 0.6) is 0 Å². The highest BCUT2D eigenvalue weighted by molar-refractivity contribution is 7.14. The van der Waals surface area contributed by atoms with Crippen LogP contribution in [-0.4, -0.2) is 80.1 Å². The number of anilines is 1. The SMILES string of the molecule is COC1CCC(N(C(=O)C2CCC(C)CC2)c2cc(C3CCC(C)(C)CC3)sc2C(=O)O)CC1.C[N+](C)(C)CCO. The number of carboxylic acids is 1. The Morgan fingerprint density at radius 2 is 1.59 bits per heavy atom. The molecule has 1 aromatic heterocycles. The topological polar surface area (TPSA) is 87.1 Å². The van der Waals surface area contributed by atoms with Crippen molar-refractivity contribution in [2.45, 2.75) is 116 Å². The molecule has 0 radical (unpaired) electrons. The van der Waals surface area contributed by atoms with Crippen LogP contribution in [0.4, 0.5) is 5.69 Å². The van der Waals surface area contributed by atoms with Crippen LogP contribution in [0.3, 0.4) is 0 Å². The Kier molecular flexibility index (Phi) is 12.3. The number of thiophene rings is 1. The molecule has 1 heterocycles. The van der Waals surface area contributed by atoms with Crippen LogP contribution in [0.25, 0.3) is 0 Å². The molecule has 0 aromatic carbocycles. The van der Waals surface area contributed by atoms with E-state index in [1.165, 1.54) is 11.3 Å².